The van der Waals surface area contributed by atoms with Gasteiger partial charge in [0.15, 0.2) is 0 Å². The third-order valence-electron chi connectivity index (χ3n) is 4.56. The van der Waals surface area contributed by atoms with Gasteiger partial charge in [0.2, 0.25) is 0 Å². The van der Waals surface area contributed by atoms with Crippen molar-refractivity contribution >= 4 is 17.4 Å². The smallest absolute Gasteiger partial charge is 0.323 e. The van der Waals surface area contributed by atoms with Gasteiger partial charge in [0, 0.05) is 31.3 Å². The van der Waals surface area contributed by atoms with Gasteiger partial charge in [-0.15, -0.1) is 0 Å². The van der Waals surface area contributed by atoms with E-state index < -0.39 is 22.7 Å². The number of hydrogen-bond donors (Lipinski definition) is 0. The van der Waals surface area contributed by atoms with Gasteiger partial charge in [-0.2, -0.15) is 13.2 Å². The summed E-state index contributed by atoms with van der Waals surface area (Å²) in [5.41, 5.74) is 0.424. The lowest BCUT2D eigenvalue weighted by Crippen LogP contribution is -2.46. The molecule has 0 saturated heterocycles. The minimum Gasteiger partial charge on any atom is -0.323 e. The number of carbonyl (C=O) groups excluding carboxylic acids is 1. The first-order valence-electron chi connectivity index (χ1n) is 8.08. The molecule has 0 N–H and O–H groups in total. The number of benzene rings is 2. The summed E-state index contributed by atoms with van der Waals surface area (Å²) in [7, 11) is 1.54. The van der Waals surface area contributed by atoms with E-state index in [2.05, 4.69) is 0 Å². The summed E-state index contributed by atoms with van der Waals surface area (Å²) < 4.78 is 39.1. The number of hydrogen-bond acceptors (Lipinski definition) is 3. The number of amides is 2. The number of carbonyl (C=O) groups is 1. The number of rotatable bonds is 3. The standard InChI is InChI=1S/C18H16F3N3O3/c1-11(12-4-3-5-14(8-12)18(19,20)21)23-16-7-6-15(24(26)27)9-13(16)10-22(2)17(23)25/h3-9,11H,10H2,1-2H3. The van der Waals surface area contributed by atoms with Gasteiger partial charge in [-0.3, -0.25) is 15.0 Å². The number of nitro benzene ring substituents is 1. The number of urea groups is 1. The average molecular weight is 379 g/mol. The molecule has 2 aromatic rings. The summed E-state index contributed by atoms with van der Waals surface area (Å²) in [6.45, 7) is 1.80. The minimum absolute atomic E-state index is 0.108. The number of halogens is 3. The Morgan fingerprint density at radius 1 is 1.19 bits per heavy atom. The Morgan fingerprint density at radius 2 is 1.89 bits per heavy atom. The molecule has 0 bridgehead atoms. The van der Waals surface area contributed by atoms with E-state index >= 15 is 0 Å². The van der Waals surface area contributed by atoms with Crippen LogP contribution in [0, 0.1) is 10.1 Å². The van der Waals surface area contributed by atoms with Gasteiger partial charge in [-0.05, 0) is 30.7 Å². The maximum atomic E-state index is 13.0. The molecule has 0 radical (unpaired) electrons. The van der Waals surface area contributed by atoms with Gasteiger partial charge in [-0.25, -0.2) is 4.79 Å². The normalized spacial score (nSPS) is 15.5. The van der Waals surface area contributed by atoms with Crippen LogP contribution in [0.25, 0.3) is 0 Å². The van der Waals surface area contributed by atoms with Crippen LogP contribution in [-0.4, -0.2) is 22.9 Å². The summed E-state index contributed by atoms with van der Waals surface area (Å²) in [5, 5.41) is 11.0. The molecule has 0 saturated carbocycles. The second-order valence-electron chi connectivity index (χ2n) is 6.38. The van der Waals surface area contributed by atoms with Crippen LogP contribution < -0.4 is 4.90 Å². The summed E-state index contributed by atoms with van der Waals surface area (Å²) in [6, 6.07) is 7.84. The van der Waals surface area contributed by atoms with Crippen LogP contribution in [0.5, 0.6) is 0 Å². The van der Waals surface area contributed by atoms with Crippen molar-refractivity contribution in [1.82, 2.24) is 4.90 Å². The Balaban J connectivity index is 2.06. The minimum atomic E-state index is -4.49. The zero-order valence-corrected chi connectivity index (χ0v) is 14.5. The molecular formula is C18H16F3N3O3. The van der Waals surface area contributed by atoms with Crippen molar-refractivity contribution in [3.63, 3.8) is 0 Å². The van der Waals surface area contributed by atoms with E-state index in [0.29, 0.717) is 16.8 Å². The first-order chi connectivity index (χ1) is 12.6. The summed E-state index contributed by atoms with van der Waals surface area (Å²) >= 11 is 0. The highest BCUT2D eigenvalue weighted by atomic mass is 19.4. The molecule has 1 aliphatic heterocycles. The van der Waals surface area contributed by atoms with E-state index in [0.717, 1.165) is 12.1 Å². The molecule has 9 heteroatoms. The SMILES string of the molecule is CC(c1cccc(C(F)(F)F)c1)N1C(=O)N(C)Cc2cc([N+](=O)[O-])ccc21. The zero-order chi connectivity index (χ0) is 19.9. The van der Waals surface area contributed by atoms with Crippen LogP contribution in [0.1, 0.15) is 29.7 Å². The zero-order valence-electron chi connectivity index (χ0n) is 14.5. The van der Waals surface area contributed by atoms with Crippen molar-refractivity contribution in [2.24, 2.45) is 0 Å². The summed E-state index contributed by atoms with van der Waals surface area (Å²) in [5.74, 6) is 0. The number of fused-ring (bicyclic) bond motifs is 1. The van der Waals surface area contributed by atoms with Gasteiger partial charge in [0.05, 0.1) is 22.2 Å². The molecule has 1 heterocycles. The summed E-state index contributed by atoms with van der Waals surface area (Å²) in [4.78, 5) is 25.9. The molecule has 142 valence electrons. The topological polar surface area (TPSA) is 66.7 Å². The lowest BCUT2D eigenvalue weighted by atomic mass is 10.0. The molecule has 1 unspecified atom stereocenters. The molecule has 2 amide bonds. The second-order valence-corrected chi connectivity index (χ2v) is 6.38. The highest BCUT2D eigenvalue weighted by Crippen LogP contribution is 2.38. The third-order valence-corrected chi connectivity index (χ3v) is 4.56. The highest BCUT2D eigenvalue weighted by molar-refractivity contribution is 5.95. The number of nitro groups is 1. The molecule has 0 fully saturated rings. The van der Waals surface area contributed by atoms with Crippen molar-refractivity contribution in [3.8, 4) is 0 Å². The van der Waals surface area contributed by atoms with Gasteiger partial charge < -0.3 is 4.90 Å². The quantitative estimate of drug-likeness (QED) is 0.571. The molecule has 27 heavy (non-hydrogen) atoms. The highest BCUT2D eigenvalue weighted by Gasteiger charge is 2.35. The Morgan fingerprint density at radius 3 is 2.52 bits per heavy atom. The molecule has 1 atom stereocenters. The molecule has 1 aliphatic rings. The van der Waals surface area contributed by atoms with E-state index in [1.54, 1.807) is 6.92 Å². The van der Waals surface area contributed by atoms with Crippen LogP contribution >= 0.6 is 0 Å². The second kappa shape index (κ2) is 6.57. The molecule has 2 aromatic carbocycles. The first kappa shape index (κ1) is 18.7. The molecule has 0 aromatic heterocycles. The van der Waals surface area contributed by atoms with Gasteiger partial charge in [-0.1, -0.05) is 12.1 Å². The van der Waals surface area contributed by atoms with E-state index in [1.165, 1.54) is 47.2 Å². The lowest BCUT2D eigenvalue weighted by molar-refractivity contribution is -0.384. The summed E-state index contributed by atoms with van der Waals surface area (Å²) in [6.07, 6.45) is -4.49. The van der Waals surface area contributed by atoms with Gasteiger partial charge in [0.25, 0.3) is 5.69 Å². The van der Waals surface area contributed by atoms with E-state index in [-0.39, 0.29) is 18.3 Å². The number of non-ortho nitro benzene ring substituents is 1. The maximum Gasteiger partial charge on any atom is 0.416 e. The Kier molecular flexibility index (Phi) is 4.54. The Labute approximate surface area is 153 Å². The fourth-order valence-corrected chi connectivity index (χ4v) is 3.16. The fourth-order valence-electron chi connectivity index (χ4n) is 3.16. The lowest BCUT2D eigenvalue weighted by Gasteiger charge is -2.38. The van der Waals surface area contributed by atoms with Crippen LogP contribution in [-0.2, 0) is 12.7 Å². The first-order valence-corrected chi connectivity index (χ1v) is 8.08. The molecule has 0 aliphatic carbocycles. The predicted octanol–water partition coefficient (Wildman–Crippen LogP) is 4.75. The number of anilines is 1. The van der Waals surface area contributed by atoms with E-state index in [4.69, 9.17) is 0 Å². The van der Waals surface area contributed by atoms with E-state index in [9.17, 15) is 28.1 Å². The largest absolute Gasteiger partial charge is 0.416 e. The third kappa shape index (κ3) is 3.44. The van der Waals surface area contributed by atoms with Gasteiger partial charge in [0.1, 0.15) is 0 Å². The Bertz CT molecular complexity index is 914. The van der Waals surface area contributed by atoms with Crippen LogP contribution in [0.15, 0.2) is 42.5 Å². The molecule has 6 nitrogen and oxygen atoms in total. The van der Waals surface area contributed by atoms with Crippen molar-refractivity contribution in [3.05, 3.63) is 69.3 Å². The predicted molar refractivity (Wildman–Crippen MR) is 92.3 cm³/mol. The fraction of sp³-hybridized carbons (Fsp3) is 0.278. The monoisotopic (exact) mass is 379 g/mol. The molecule has 0 spiro atoms. The van der Waals surface area contributed by atoms with Crippen LogP contribution in [0.2, 0.25) is 0 Å². The molecular weight excluding hydrogens is 363 g/mol. The van der Waals surface area contributed by atoms with Crippen molar-refractivity contribution in [2.75, 3.05) is 11.9 Å². The number of alkyl halides is 3. The van der Waals surface area contributed by atoms with Crippen LogP contribution in [0.3, 0.4) is 0 Å². The van der Waals surface area contributed by atoms with Crippen LogP contribution in [0.4, 0.5) is 29.3 Å². The van der Waals surface area contributed by atoms with Crippen molar-refractivity contribution < 1.29 is 22.9 Å². The molecule has 3 rings (SSSR count). The number of nitrogens with zero attached hydrogens (tertiary/aromatic N) is 3. The van der Waals surface area contributed by atoms with Crippen molar-refractivity contribution in [2.45, 2.75) is 25.7 Å². The van der Waals surface area contributed by atoms with Crippen molar-refractivity contribution in [1.29, 1.82) is 0 Å². The van der Waals surface area contributed by atoms with E-state index in [1.807, 2.05) is 0 Å². The average Bonchev–Trinajstić information content (AvgIpc) is 2.61. The Hall–Kier alpha value is -3.10. The van der Waals surface area contributed by atoms with Gasteiger partial charge >= 0.3 is 12.2 Å². The maximum absolute atomic E-state index is 13.0.